The molecule has 1 atom stereocenters. The molecule has 1 unspecified atom stereocenters. The van der Waals surface area contributed by atoms with Crippen LogP contribution >= 0.6 is 0 Å². The maximum atomic E-state index is 13.6. The lowest BCUT2D eigenvalue weighted by Crippen LogP contribution is -2.33. The zero-order valence-electron chi connectivity index (χ0n) is 8.80. The third-order valence-electron chi connectivity index (χ3n) is 2.50. The molecule has 1 aromatic carbocycles. The van der Waals surface area contributed by atoms with E-state index in [4.69, 9.17) is 10.5 Å². The van der Waals surface area contributed by atoms with E-state index in [0.717, 1.165) is 0 Å². The predicted octanol–water partition coefficient (Wildman–Crippen LogP) is 2.42. The highest BCUT2D eigenvalue weighted by Crippen LogP contribution is 2.32. The average molecular weight is 197 g/mol. The Morgan fingerprint density at radius 2 is 2.14 bits per heavy atom. The minimum Gasteiger partial charge on any atom is -0.496 e. The summed E-state index contributed by atoms with van der Waals surface area (Å²) < 4.78 is 18.7. The monoisotopic (exact) mass is 197 g/mol. The van der Waals surface area contributed by atoms with Crippen molar-refractivity contribution in [1.82, 2.24) is 0 Å². The van der Waals surface area contributed by atoms with Crippen molar-refractivity contribution in [3.8, 4) is 5.75 Å². The molecular weight excluding hydrogens is 181 g/mol. The molecule has 14 heavy (non-hydrogen) atoms. The molecule has 0 bridgehead atoms. The molecular formula is C11H16FNO. The Morgan fingerprint density at radius 1 is 1.50 bits per heavy atom. The number of benzene rings is 1. The SMILES string of the molecule is CCC(C)(N)c1c(F)cccc1OC. The van der Waals surface area contributed by atoms with Crippen molar-refractivity contribution in [3.63, 3.8) is 0 Å². The van der Waals surface area contributed by atoms with Crippen molar-refractivity contribution >= 4 is 0 Å². The first-order valence-corrected chi connectivity index (χ1v) is 4.64. The summed E-state index contributed by atoms with van der Waals surface area (Å²) in [5, 5.41) is 0. The van der Waals surface area contributed by atoms with Crippen molar-refractivity contribution in [2.24, 2.45) is 5.73 Å². The van der Waals surface area contributed by atoms with Gasteiger partial charge >= 0.3 is 0 Å². The van der Waals surface area contributed by atoms with E-state index in [1.165, 1.54) is 13.2 Å². The molecule has 2 nitrogen and oxygen atoms in total. The summed E-state index contributed by atoms with van der Waals surface area (Å²) in [6, 6.07) is 4.74. The van der Waals surface area contributed by atoms with Gasteiger partial charge in [-0.05, 0) is 25.5 Å². The van der Waals surface area contributed by atoms with Gasteiger partial charge in [0.15, 0.2) is 0 Å². The van der Waals surface area contributed by atoms with Crippen molar-refractivity contribution < 1.29 is 9.13 Å². The van der Waals surface area contributed by atoms with Crippen LogP contribution in [0.1, 0.15) is 25.8 Å². The third-order valence-corrected chi connectivity index (χ3v) is 2.50. The molecule has 0 saturated heterocycles. The molecule has 3 heteroatoms. The summed E-state index contributed by atoms with van der Waals surface area (Å²) in [5.74, 6) is 0.202. The zero-order valence-corrected chi connectivity index (χ0v) is 8.80. The molecule has 0 aliphatic carbocycles. The number of hydrogen-bond acceptors (Lipinski definition) is 2. The maximum absolute atomic E-state index is 13.6. The van der Waals surface area contributed by atoms with Gasteiger partial charge in [-0.1, -0.05) is 13.0 Å². The highest BCUT2D eigenvalue weighted by atomic mass is 19.1. The van der Waals surface area contributed by atoms with E-state index in [1.54, 1.807) is 19.1 Å². The van der Waals surface area contributed by atoms with E-state index in [-0.39, 0.29) is 5.82 Å². The van der Waals surface area contributed by atoms with Crippen LogP contribution in [-0.2, 0) is 5.54 Å². The molecule has 1 rings (SSSR count). The molecule has 78 valence electrons. The predicted molar refractivity (Wildman–Crippen MR) is 54.8 cm³/mol. The molecule has 0 aromatic heterocycles. The summed E-state index contributed by atoms with van der Waals surface area (Å²) in [4.78, 5) is 0. The van der Waals surface area contributed by atoms with Gasteiger partial charge in [-0.25, -0.2) is 4.39 Å². The van der Waals surface area contributed by atoms with Crippen molar-refractivity contribution in [1.29, 1.82) is 0 Å². The lowest BCUT2D eigenvalue weighted by molar-refractivity contribution is 0.370. The van der Waals surface area contributed by atoms with Gasteiger partial charge < -0.3 is 10.5 Å². The molecule has 0 radical (unpaired) electrons. The summed E-state index contributed by atoms with van der Waals surface area (Å²) in [6.45, 7) is 3.72. The molecule has 0 aliphatic rings. The van der Waals surface area contributed by atoms with Gasteiger partial charge in [0.25, 0.3) is 0 Å². The van der Waals surface area contributed by atoms with Crippen molar-refractivity contribution in [3.05, 3.63) is 29.6 Å². The molecule has 0 heterocycles. The Balaban J connectivity index is 3.30. The quantitative estimate of drug-likeness (QED) is 0.807. The molecule has 2 N–H and O–H groups in total. The number of rotatable bonds is 3. The second-order valence-corrected chi connectivity index (χ2v) is 3.59. The second-order valence-electron chi connectivity index (χ2n) is 3.59. The van der Waals surface area contributed by atoms with Gasteiger partial charge in [0.2, 0.25) is 0 Å². The number of methoxy groups -OCH3 is 1. The van der Waals surface area contributed by atoms with Crippen molar-refractivity contribution in [2.45, 2.75) is 25.8 Å². The van der Waals surface area contributed by atoms with Gasteiger partial charge in [0.1, 0.15) is 11.6 Å². The lowest BCUT2D eigenvalue weighted by atomic mass is 9.89. The highest BCUT2D eigenvalue weighted by Gasteiger charge is 2.26. The van der Waals surface area contributed by atoms with Crippen LogP contribution in [-0.4, -0.2) is 7.11 Å². The summed E-state index contributed by atoms with van der Waals surface area (Å²) in [7, 11) is 1.52. The molecule has 1 aromatic rings. The third kappa shape index (κ3) is 1.87. The lowest BCUT2D eigenvalue weighted by Gasteiger charge is -2.25. The van der Waals surface area contributed by atoms with Crippen LogP contribution in [0, 0.1) is 5.82 Å². The number of nitrogens with two attached hydrogens (primary N) is 1. The Morgan fingerprint density at radius 3 is 2.64 bits per heavy atom. The second kappa shape index (κ2) is 3.96. The van der Waals surface area contributed by atoms with Crippen LogP contribution in [0.25, 0.3) is 0 Å². The summed E-state index contributed by atoms with van der Waals surface area (Å²) in [5.41, 5.74) is 5.76. The largest absolute Gasteiger partial charge is 0.496 e. The molecule has 0 amide bonds. The normalized spacial score (nSPS) is 14.9. The van der Waals surface area contributed by atoms with Crippen LogP contribution in [0.15, 0.2) is 18.2 Å². The number of ether oxygens (including phenoxy) is 1. The Labute approximate surface area is 83.9 Å². The Hall–Kier alpha value is -1.09. The Bertz CT molecular complexity index is 323. The first kappa shape index (κ1) is 11.0. The van der Waals surface area contributed by atoms with E-state index >= 15 is 0 Å². The van der Waals surface area contributed by atoms with Gasteiger partial charge in [-0.3, -0.25) is 0 Å². The molecule has 0 fully saturated rings. The smallest absolute Gasteiger partial charge is 0.131 e. The van der Waals surface area contributed by atoms with Gasteiger partial charge in [-0.15, -0.1) is 0 Å². The fraction of sp³-hybridized carbons (Fsp3) is 0.455. The van der Waals surface area contributed by atoms with Gasteiger partial charge in [-0.2, -0.15) is 0 Å². The molecule has 0 saturated carbocycles. The highest BCUT2D eigenvalue weighted by molar-refractivity contribution is 5.39. The summed E-state index contributed by atoms with van der Waals surface area (Å²) >= 11 is 0. The van der Waals surface area contributed by atoms with E-state index in [0.29, 0.717) is 17.7 Å². The van der Waals surface area contributed by atoms with E-state index in [1.807, 2.05) is 6.92 Å². The van der Waals surface area contributed by atoms with Gasteiger partial charge in [0, 0.05) is 11.1 Å². The minimum absolute atomic E-state index is 0.309. The number of halogens is 1. The number of hydrogen-bond donors (Lipinski definition) is 1. The van der Waals surface area contributed by atoms with E-state index in [2.05, 4.69) is 0 Å². The molecule has 0 aliphatic heterocycles. The van der Waals surface area contributed by atoms with Gasteiger partial charge in [0.05, 0.1) is 7.11 Å². The van der Waals surface area contributed by atoms with Crippen LogP contribution in [0.4, 0.5) is 4.39 Å². The van der Waals surface area contributed by atoms with E-state index < -0.39 is 5.54 Å². The Kier molecular flexibility index (Phi) is 3.11. The van der Waals surface area contributed by atoms with Crippen LogP contribution in [0.3, 0.4) is 0 Å². The standard InChI is InChI=1S/C11H16FNO/c1-4-11(2,13)10-8(12)6-5-7-9(10)14-3/h5-7H,4,13H2,1-3H3. The first-order valence-electron chi connectivity index (χ1n) is 4.64. The average Bonchev–Trinajstić information content (AvgIpc) is 2.17. The molecule has 0 spiro atoms. The zero-order chi connectivity index (χ0) is 10.8. The topological polar surface area (TPSA) is 35.2 Å². The summed E-state index contributed by atoms with van der Waals surface area (Å²) in [6.07, 6.45) is 0.657. The van der Waals surface area contributed by atoms with Crippen LogP contribution < -0.4 is 10.5 Å². The van der Waals surface area contributed by atoms with Crippen molar-refractivity contribution in [2.75, 3.05) is 7.11 Å². The minimum atomic E-state index is -0.684. The maximum Gasteiger partial charge on any atom is 0.131 e. The fourth-order valence-corrected chi connectivity index (χ4v) is 1.41. The van der Waals surface area contributed by atoms with Crippen LogP contribution in [0.5, 0.6) is 5.75 Å². The van der Waals surface area contributed by atoms with E-state index in [9.17, 15) is 4.39 Å². The first-order chi connectivity index (χ1) is 6.53. The van der Waals surface area contributed by atoms with Crippen LogP contribution in [0.2, 0.25) is 0 Å². The fourth-order valence-electron chi connectivity index (χ4n) is 1.41.